The summed E-state index contributed by atoms with van der Waals surface area (Å²) in [5.41, 5.74) is 2.27. The zero-order valence-electron chi connectivity index (χ0n) is 11.9. The molecule has 1 atom stereocenters. The lowest BCUT2D eigenvalue weighted by Gasteiger charge is -2.18. The van der Waals surface area contributed by atoms with Crippen LogP contribution in [0.3, 0.4) is 0 Å². The lowest BCUT2D eigenvalue weighted by molar-refractivity contribution is 0.0940. The second kappa shape index (κ2) is 6.41. The van der Waals surface area contributed by atoms with E-state index in [9.17, 15) is 13.2 Å². The van der Waals surface area contributed by atoms with Crippen LogP contribution in [0, 0.1) is 6.92 Å². The highest BCUT2D eigenvalue weighted by Gasteiger charge is 2.21. The number of sulfone groups is 1. The first-order chi connectivity index (χ1) is 9.87. The Kier molecular flexibility index (Phi) is 4.80. The molecule has 1 aromatic heterocycles. The number of hydrogen-bond donors (Lipinski definition) is 1. The van der Waals surface area contributed by atoms with E-state index >= 15 is 0 Å². The molecule has 0 fully saturated rings. The molecule has 6 heteroatoms. The fraction of sp³-hybridized carbons (Fsp3) is 0.267. The first kappa shape index (κ1) is 15.7. The molecule has 0 unspecified atom stereocenters. The molecule has 0 bridgehead atoms. The molecule has 0 saturated heterocycles. The summed E-state index contributed by atoms with van der Waals surface area (Å²) in [6, 6.07) is 8.59. The van der Waals surface area contributed by atoms with Gasteiger partial charge in [-0.3, -0.25) is 4.79 Å². The van der Waals surface area contributed by atoms with Gasteiger partial charge in [-0.25, -0.2) is 8.42 Å². The van der Waals surface area contributed by atoms with E-state index in [4.69, 9.17) is 0 Å². The van der Waals surface area contributed by atoms with Gasteiger partial charge < -0.3 is 5.32 Å². The van der Waals surface area contributed by atoms with Crippen LogP contribution in [0.2, 0.25) is 0 Å². The summed E-state index contributed by atoms with van der Waals surface area (Å²) < 4.78 is 23.2. The molecule has 1 amide bonds. The normalized spacial score (nSPS) is 12.9. The van der Waals surface area contributed by atoms with E-state index in [-0.39, 0.29) is 11.7 Å². The van der Waals surface area contributed by atoms with Gasteiger partial charge >= 0.3 is 0 Å². The first-order valence-electron chi connectivity index (χ1n) is 6.43. The molecule has 1 N–H and O–H groups in total. The Labute approximate surface area is 128 Å². The second-order valence-electron chi connectivity index (χ2n) is 5.00. The van der Waals surface area contributed by atoms with E-state index < -0.39 is 15.9 Å². The Morgan fingerprint density at radius 3 is 2.43 bits per heavy atom. The van der Waals surface area contributed by atoms with Crippen molar-refractivity contribution < 1.29 is 13.2 Å². The molecule has 0 aliphatic carbocycles. The molecule has 0 aliphatic heterocycles. The average molecular weight is 323 g/mol. The summed E-state index contributed by atoms with van der Waals surface area (Å²) in [5, 5.41) is 6.48. The Morgan fingerprint density at radius 2 is 1.90 bits per heavy atom. The minimum Gasteiger partial charge on any atom is -0.344 e. The van der Waals surface area contributed by atoms with Gasteiger partial charge in [-0.2, -0.15) is 11.3 Å². The number of hydrogen-bond acceptors (Lipinski definition) is 4. The average Bonchev–Trinajstić information content (AvgIpc) is 2.84. The third kappa shape index (κ3) is 4.41. The number of nitrogens with one attached hydrogen (secondary N) is 1. The van der Waals surface area contributed by atoms with E-state index in [1.807, 2.05) is 42.6 Å². The highest BCUT2D eigenvalue weighted by Crippen LogP contribution is 2.18. The molecule has 112 valence electrons. The van der Waals surface area contributed by atoms with Crippen LogP contribution in [-0.4, -0.2) is 26.3 Å². The molecule has 1 aromatic carbocycles. The molecule has 4 nitrogen and oxygen atoms in total. The zero-order valence-corrected chi connectivity index (χ0v) is 13.5. The van der Waals surface area contributed by atoms with E-state index in [0.717, 1.165) is 11.1 Å². The molecular formula is C15H17NO3S2. The van der Waals surface area contributed by atoms with Crippen molar-refractivity contribution in [2.75, 3.05) is 12.0 Å². The van der Waals surface area contributed by atoms with Gasteiger partial charge in [0.2, 0.25) is 0 Å². The highest BCUT2D eigenvalue weighted by atomic mass is 32.2. The van der Waals surface area contributed by atoms with Gasteiger partial charge in [0.15, 0.2) is 0 Å². The number of aryl methyl sites for hydroxylation is 1. The maximum atomic E-state index is 12.3. The van der Waals surface area contributed by atoms with Gasteiger partial charge in [-0.05, 0) is 23.4 Å². The fourth-order valence-corrected chi connectivity index (χ4v) is 3.75. The van der Waals surface area contributed by atoms with Crippen LogP contribution in [0.15, 0.2) is 41.1 Å². The van der Waals surface area contributed by atoms with E-state index in [2.05, 4.69) is 5.32 Å². The lowest BCUT2D eigenvalue weighted by atomic mass is 10.1. The molecule has 0 saturated carbocycles. The smallest absolute Gasteiger partial charge is 0.252 e. The Morgan fingerprint density at radius 1 is 1.24 bits per heavy atom. The van der Waals surface area contributed by atoms with Crippen LogP contribution < -0.4 is 5.32 Å². The summed E-state index contributed by atoms with van der Waals surface area (Å²) in [6.45, 7) is 1.86. The quantitative estimate of drug-likeness (QED) is 0.920. The lowest BCUT2D eigenvalue weighted by Crippen LogP contribution is -2.33. The van der Waals surface area contributed by atoms with Crippen molar-refractivity contribution in [3.05, 3.63) is 57.8 Å². The summed E-state index contributed by atoms with van der Waals surface area (Å²) in [5.74, 6) is -0.363. The number of carbonyl (C=O) groups excluding carboxylic acids is 1. The van der Waals surface area contributed by atoms with Crippen molar-refractivity contribution in [1.29, 1.82) is 0 Å². The van der Waals surface area contributed by atoms with Gasteiger partial charge in [0.05, 0.1) is 17.4 Å². The topological polar surface area (TPSA) is 63.2 Å². The SMILES string of the molecule is Cc1cscc1C(=O)N[C@@H](CS(C)(=O)=O)c1ccccc1. The first-order valence-corrected chi connectivity index (χ1v) is 9.43. The summed E-state index contributed by atoms with van der Waals surface area (Å²) >= 11 is 1.45. The Bertz CT molecular complexity index is 720. The van der Waals surface area contributed by atoms with Crippen molar-refractivity contribution in [1.82, 2.24) is 5.32 Å². The minimum absolute atomic E-state index is 0.119. The minimum atomic E-state index is -3.21. The third-order valence-corrected chi connectivity index (χ3v) is 4.88. The van der Waals surface area contributed by atoms with Crippen molar-refractivity contribution in [3.63, 3.8) is 0 Å². The van der Waals surface area contributed by atoms with Crippen molar-refractivity contribution in [3.8, 4) is 0 Å². The number of amides is 1. The Hall–Kier alpha value is -1.66. The maximum Gasteiger partial charge on any atom is 0.252 e. The third-order valence-electron chi connectivity index (χ3n) is 3.08. The molecule has 1 heterocycles. The molecule has 2 aromatic rings. The zero-order chi connectivity index (χ0) is 15.5. The van der Waals surface area contributed by atoms with Crippen LogP contribution in [-0.2, 0) is 9.84 Å². The van der Waals surface area contributed by atoms with Crippen molar-refractivity contribution in [2.45, 2.75) is 13.0 Å². The molecular weight excluding hydrogens is 306 g/mol. The van der Waals surface area contributed by atoms with Crippen LogP contribution in [0.1, 0.15) is 27.5 Å². The van der Waals surface area contributed by atoms with Crippen LogP contribution in [0.5, 0.6) is 0 Å². The standard InChI is InChI=1S/C15H17NO3S2/c1-11-8-20-9-13(11)15(17)16-14(10-21(2,18)19)12-6-4-3-5-7-12/h3-9,14H,10H2,1-2H3,(H,16,17)/t14-/m0/s1. The maximum absolute atomic E-state index is 12.3. The van der Waals surface area contributed by atoms with Gasteiger partial charge in [-0.1, -0.05) is 30.3 Å². The second-order valence-corrected chi connectivity index (χ2v) is 7.93. The molecule has 0 radical (unpaired) electrons. The van der Waals surface area contributed by atoms with Gasteiger partial charge in [0, 0.05) is 11.6 Å². The molecule has 0 aliphatic rings. The number of carbonyl (C=O) groups is 1. The fourth-order valence-electron chi connectivity index (χ4n) is 2.04. The van der Waals surface area contributed by atoms with E-state index in [1.165, 1.54) is 17.6 Å². The predicted molar refractivity (Wildman–Crippen MR) is 85.4 cm³/mol. The molecule has 21 heavy (non-hydrogen) atoms. The van der Waals surface area contributed by atoms with Crippen molar-refractivity contribution >= 4 is 27.1 Å². The molecule has 0 spiro atoms. The number of rotatable bonds is 5. The largest absolute Gasteiger partial charge is 0.344 e. The summed E-state index contributed by atoms with van der Waals surface area (Å²) in [6.07, 6.45) is 1.17. The monoisotopic (exact) mass is 323 g/mol. The summed E-state index contributed by atoms with van der Waals surface area (Å²) in [7, 11) is -3.21. The van der Waals surface area contributed by atoms with Crippen LogP contribution >= 0.6 is 11.3 Å². The number of thiophene rings is 1. The summed E-state index contributed by atoms with van der Waals surface area (Å²) in [4.78, 5) is 12.3. The van der Waals surface area contributed by atoms with Crippen molar-refractivity contribution in [2.24, 2.45) is 0 Å². The van der Waals surface area contributed by atoms with E-state index in [1.54, 1.807) is 5.38 Å². The van der Waals surface area contributed by atoms with Gasteiger partial charge in [0.1, 0.15) is 9.84 Å². The predicted octanol–water partition coefficient (Wildman–Crippen LogP) is 2.57. The van der Waals surface area contributed by atoms with Crippen LogP contribution in [0.4, 0.5) is 0 Å². The van der Waals surface area contributed by atoms with Gasteiger partial charge in [-0.15, -0.1) is 0 Å². The van der Waals surface area contributed by atoms with E-state index in [0.29, 0.717) is 5.56 Å². The highest BCUT2D eigenvalue weighted by molar-refractivity contribution is 7.90. The molecule has 2 rings (SSSR count). The Balaban J connectivity index is 2.25. The van der Waals surface area contributed by atoms with Crippen LogP contribution in [0.25, 0.3) is 0 Å². The van der Waals surface area contributed by atoms with Gasteiger partial charge in [0.25, 0.3) is 5.91 Å². The number of benzene rings is 1.